The first kappa shape index (κ1) is 16.6. The molecule has 2 heterocycles. The van der Waals surface area contributed by atoms with E-state index in [1.165, 1.54) is 23.9 Å². The number of rotatable bonds is 6. The Bertz CT molecular complexity index is 898. The molecule has 0 spiro atoms. The van der Waals surface area contributed by atoms with Crippen LogP contribution >= 0.6 is 11.8 Å². The molecule has 0 aliphatic carbocycles. The van der Waals surface area contributed by atoms with Crippen molar-refractivity contribution in [2.45, 2.75) is 5.16 Å². The molecule has 0 bridgehead atoms. The predicted molar refractivity (Wildman–Crippen MR) is 89.4 cm³/mol. The topological polar surface area (TPSA) is 81.9 Å². The van der Waals surface area contributed by atoms with Crippen LogP contribution in [0.25, 0.3) is 22.1 Å². The smallest absolute Gasteiger partial charge is 0.230 e. The third-order valence-electron chi connectivity index (χ3n) is 3.50. The Balaban J connectivity index is 1.80. The lowest BCUT2D eigenvalue weighted by molar-refractivity contribution is -0.118. The molecular weight excluding hydrogens is 333 g/mol. The maximum Gasteiger partial charge on any atom is 0.230 e. The van der Waals surface area contributed by atoms with Crippen molar-refractivity contribution in [1.29, 1.82) is 0 Å². The van der Waals surface area contributed by atoms with Crippen LogP contribution in [-0.2, 0) is 16.6 Å². The van der Waals surface area contributed by atoms with E-state index in [2.05, 4.69) is 20.5 Å². The molecule has 2 aromatic heterocycles. The molecule has 7 nitrogen and oxygen atoms in total. The van der Waals surface area contributed by atoms with Gasteiger partial charge in [0.2, 0.25) is 11.1 Å². The molecule has 24 heavy (non-hydrogen) atoms. The van der Waals surface area contributed by atoms with Crippen molar-refractivity contribution >= 4 is 39.7 Å². The molecular formula is C15H16FN5O2S. The molecule has 0 saturated heterocycles. The van der Waals surface area contributed by atoms with Gasteiger partial charge < -0.3 is 14.6 Å². The first-order valence-electron chi connectivity index (χ1n) is 7.27. The van der Waals surface area contributed by atoms with E-state index in [9.17, 15) is 9.18 Å². The molecule has 0 unspecified atom stereocenters. The average Bonchev–Trinajstić information content (AvgIpc) is 2.85. The molecule has 1 N–H and O–H groups in total. The summed E-state index contributed by atoms with van der Waals surface area (Å²) in [5, 5.41) is 12.0. The second-order valence-corrected chi connectivity index (χ2v) is 6.06. The quantitative estimate of drug-likeness (QED) is 0.537. The number of benzene rings is 1. The number of carbonyl (C=O) groups excluding carboxylic acids is 1. The van der Waals surface area contributed by atoms with Crippen LogP contribution in [-0.4, -0.2) is 51.7 Å². The Morgan fingerprint density at radius 1 is 1.42 bits per heavy atom. The lowest BCUT2D eigenvalue weighted by Crippen LogP contribution is -2.28. The summed E-state index contributed by atoms with van der Waals surface area (Å²) in [5.41, 5.74) is 1.97. The van der Waals surface area contributed by atoms with Crippen LogP contribution < -0.4 is 5.32 Å². The molecule has 3 rings (SSSR count). The summed E-state index contributed by atoms with van der Waals surface area (Å²) in [6.07, 6.45) is 0. The fourth-order valence-corrected chi connectivity index (χ4v) is 2.96. The molecule has 9 heteroatoms. The van der Waals surface area contributed by atoms with Crippen LogP contribution in [0.1, 0.15) is 0 Å². The van der Waals surface area contributed by atoms with Crippen molar-refractivity contribution < 1.29 is 13.9 Å². The Morgan fingerprint density at radius 2 is 2.25 bits per heavy atom. The third-order valence-corrected chi connectivity index (χ3v) is 4.34. The minimum absolute atomic E-state index is 0.125. The van der Waals surface area contributed by atoms with Crippen LogP contribution in [0.15, 0.2) is 23.4 Å². The Morgan fingerprint density at radius 3 is 3.04 bits per heavy atom. The zero-order valence-electron chi connectivity index (χ0n) is 13.2. The van der Waals surface area contributed by atoms with Crippen LogP contribution in [0.2, 0.25) is 0 Å². The Labute approximate surface area is 141 Å². The van der Waals surface area contributed by atoms with Crippen molar-refractivity contribution in [2.75, 3.05) is 26.0 Å². The minimum atomic E-state index is -0.331. The number of nitrogens with one attached hydrogen (secondary N) is 1. The summed E-state index contributed by atoms with van der Waals surface area (Å²) in [4.78, 5) is 16.1. The van der Waals surface area contributed by atoms with Gasteiger partial charge in [0.1, 0.15) is 11.3 Å². The highest BCUT2D eigenvalue weighted by Gasteiger charge is 2.14. The number of aromatic nitrogens is 4. The molecule has 3 aromatic rings. The van der Waals surface area contributed by atoms with E-state index in [0.29, 0.717) is 34.9 Å². The van der Waals surface area contributed by atoms with E-state index in [-0.39, 0.29) is 17.5 Å². The second kappa shape index (κ2) is 7.10. The van der Waals surface area contributed by atoms with Gasteiger partial charge in [0.25, 0.3) is 0 Å². The summed E-state index contributed by atoms with van der Waals surface area (Å²) in [5.74, 6) is -0.266. The van der Waals surface area contributed by atoms with Gasteiger partial charge in [0.05, 0.1) is 17.9 Å². The van der Waals surface area contributed by atoms with Crippen LogP contribution in [0.5, 0.6) is 0 Å². The lowest BCUT2D eigenvalue weighted by Gasteiger charge is -2.03. The zero-order chi connectivity index (χ0) is 17.1. The predicted octanol–water partition coefficient (Wildman–Crippen LogP) is 1.51. The highest BCUT2D eigenvalue weighted by molar-refractivity contribution is 7.99. The van der Waals surface area contributed by atoms with Gasteiger partial charge in [-0.1, -0.05) is 11.8 Å². The van der Waals surface area contributed by atoms with E-state index in [1.54, 1.807) is 13.2 Å². The van der Waals surface area contributed by atoms with E-state index in [4.69, 9.17) is 4.74 Å². The van der Waals surface area contributed by atoms with Gasteiger partial charge in [0, 0.05) is 26.1 Å². The summed E-state index contributed by atoms with van der Waals surface area (Å²) >= 11 is 1.20. The number of halogens is 1. The minimum Gasteiger partial charge on any atom is -0.383 e. The fourth-order valence-electron chi connectivity index (χ4n) is 2.35. The van der Waals surface area contributed by atoms with Gasteiger partial charge in [-0.3, -0.25) is 4.79 Å². The van der Waals surface area contributed by atoms with Crippen molar-refractivity contribution in [3.05, 3.63) is 24.0 Å². The third kappa shape index (κ3) is 3.31. The summed E-state index contributed by atoms with van der Waals surface area (Å²) in [7, 11) is 3.41. The zero-order valence-corrected chi connectivity index (χ0v) is 14.1. The maximum atomic E-state index is 13.5. The Kier molecular flexibility index (Phi) is 4.91. The van der Waals surface area contributed by atoms with Gasteiger partial charge in [-0.15, -0.1) is 10.2 Å². The number of carbonyl (C=O) groups is 1. The molecule has 1 aromatic carbocycles. The van der Waals surface area contributed by atoms with E-state index >= 15 is 0 Å². The number of thioether (sulfide) groups is 1. The maximum absolute atomic E-state index is 13.5. The highest BCUT2D eigenvalue weighted by Crippen LogP contribution is 2.26. The monoisotopic (exact) mass is 349 g/mol. The SMILES string of the molecule is COCCNC(=O)CSc1nnc2c3cc(F)ccc3n(C)c2n1. The van der Waals surface area contributed by atoms with Gasteiger partial charge in [-0.2, -0.15) is 0 Å². The number of hydrogen-bond acceptors (Lipinski definition) is 6. The number of amides is 1. The molecule has 126 valence electrons. The normalized spacial score (nSPS) is 11.3. The van der Waals surface area contributed by atoms with Crippen molar-refractivity contribution in [1.82, 2.24) is 25.1 Å². The lowest BCUT2D eigenvalue weighted by atomic mass is 10.2. The van der Waals surface area contributed by atoms with Gasteiger partial charge in [0.15, 0.2) is 5.65 Å². The number of nitrogens with zero attached hydrogens (tertiary/aromatic N) is 4. The van der Waals surface area contributed by atoms with Crippen molar-refractivity contribution in [3.63, 3.8) is 0 Å². The van der Waals surface area contributed by atoms with Gasteiger partial charge in [-0.05, 0) is 18.2 Å². The van der Waals surface area contributed by atoms with Crippen LogP contribution in [0.3, 0.4) is 0 Å². The number of fused-ring (bicyclic) bond motifs is 3. The van der Waals surface area contributed by atoms with E-state index < -0.39 is 0 Å². The average molecular weight is 349 g/mol. The van der Waals surface area contributed by atoms with E-state index in [1.807, 2.05) is 11.6 Å². The highest BCUT2D eigenvalue weighted by atomic mass is 32.2. The molecule has 0 fully saturated rings. The summed E-state index contributed by atoms with van der Waals surface area (Å²) in [6.45, 7) is 0.926. The molecule has 0 radical (unpaired) electrons. The number of hydrogen-bond donors (Lipinski definition) is 1. The first-order valence-corrected chi connectivity index (χ1v) is 8.25. The molecule has 0 saturated carbocycles. The van der Waals surface area contributed by atoms with Crippen molar-refractivity contribution in [2.24, 2.45) is 7.05 Å². The van der Waals surface area contributed by atoms with Crippen molar-refractivity contribution in [3.8, 4) is 0 Å². The molecule has 1 amide bonds. The summed E-state index contributed by atoms with van der Waals surface area (Å²) < 4.78 is 20.2. The molecule has 0 aliphatic heterocycles. The largest absolute Gasteiger partial charge is 0.383 e. The molecule has 0 atom stereocenters. The van der Waals surface area contributed by atoms with Gasteiger partial charge in [-0.25, -0.2) is 9.37 Å². The first-order chi connectivity index (χ1) is 11.6. The standard InChI is InChI=1S/C15H16FN5O2S/c1-21-11-4-3-9(16)7-10(11)13-14(21)18-15(20-19-13)24-8-12(22)17-5-6-23-2/h3-4,7H,5-6,8H2,1-2H3,(H,17,22). The second-order valence-electron chi connectivity index (χ2n) is 5.12. The Hall–Kier alpha value is -2.26. The van der Waals surface area contributed by atoms with Crippen LogP contribution in [0.4, 0.5) is 4.39 Å². The molecule has 0 aliphatic rings. The summed E-state index contributed by atoms with van der Waals surface area (Å²) in [6, 6.07) is 4.50. The number of aryl methyl sites for hydroxylation is 1. The number of ether oxygens (including phenoxy) is 1. The van der Waals surface area contributed by atoms with Gasteiger partial charge >= 0.3 is 0 Å². The fraction of sp³-hybridized carbons (Fsp3) is 0.333. The van der Waals surface area contributed by atoms with Crippen LogP contribution in [0, 0.1) is 5.82 Å². The van der Waals surface area contributed by atoms with E-state index in [0.717, 1.165) is 5.52 Å². The number of methoxy groups -OCH3 is 1.